The van der Waals surface area contributed by atoms with Gasteiger partial charge in [-0.05, 0) is 37.5 Å². The quantitative estimate of drug-likeness (QED) is 0.588. The van der Waals surface area contributed by atoms with E-state index in [9.17, 15) is 0 Å². The molecule has 0 bridgehead atoms. The van der Waals surface area contributed by atoms with E-state index in [2.05, 4.69) is 6.92 Å². The molecule has 2 atom stereocenters. The second-order valence-electron chi connectivity index (χ2n) is 3.06. The molecule has 2 nitrogen and oxygen atoms in total. The second kappa shape index (κ2) is 3.56. The van der Waals surface area contributed by atoms with Gasteiger partial charge in [0.1, 0.15) is 0 Å². The first-order valence-corrected chi connectivity index (χ1v) is 4.11. The van der Waals surface area contributed by atoms with Crippen molar-refractivity contribution in [2.45, 2.75) is 25.8 Å². The van der Waals surface area contributed by atoms with Crippen LogP contribution in [-0.4, -0.2) is 28.7 Å². The molecule has 1 saturated heterocycles. The van der Waals surface area contributed by atoms with Crippen LogP contribution in [0.1, 0.15) is 19.8 Å². The maximum atomic E-state index is 8.81. The summed E-state index contributed by atoms with van der Waals surface area (Å²) < 4.78 is 1.80. The fraction of sp³-hybridized carbons (Fsp3) is 1.00. The summed E-state index contributed by atoms with van der Waals surface area (Å²) in [6, 6.07) is 0.476. The van der Waals surface area contributed by atoms with Gasteiger partial charge in [-0.2, -0.15) is 0 Å². The Morgan fingerprint density at radius 2 is 2.30 bits per heavy atom. The molecule has 0 saturated carbocycles. The Balaban J connectivity index is 2.33. The van der Waals surface area contributed by atoms with Crippen molar-refractivity contribution < 1.29 is 5.11 Å². The average Bonchev–Trinajstić information content (AvgIpc) is 1.95. The number of piperidine rings is 1. The number of hydrogen-bond donors (Lipinski definition) is 1. The lowest BCUT2D eigenvalue weighted by molar-refractivity contribution is 0.141. The monoisotopic (exact) mass is 163 g/mol. The van der Waals surface area contributed by atoms with E-state index in [-0.39, 0.29) is 6.61 Å². The summed E-state index contributed by atoms with van der Waals surface area (Å²) in [6.45, 7) is 3.22. The molecule has 10 heavy (non-hydrogen) atoms. The van der Waals surface area contributed by atoms with Crippen molar-refractivity contribution in [1.29, 1.82) is 0 Å². The zero-order valence-corrected chi connectivity index (χ0v) is 7.01. The molecule has 0 unspecified atom stereocenters. The number of aliphatic hydroxyl groups excluding tert-OH is 1. The highest BCUT2D eigenvalue weighted by molar-refractivity contribution is 6.13. The highest BCUT2D eigenvalue weighted by Gasteiger charge is 2.22. The second-order valence-corrected chi connectivity index (χ2v) is 3.49. The smallest absolute Gasteiger partial charge is 0.0472 e. The van der Waals surface area contributed by atoms with Gasteiger partial charge in [-0.1, -0.05) is 0 Å². The van der Waals surface area contributed by atoms with Gasteiger partial charge < -0.3 is 5.11 Å². The lowest BCUT2D eigenvalue weighted by atomic mass is 9.96. The van der Waals surface area contributed by atoms with Crippen LogP contribution in [-0.2, 0) is 0 Å². The molecule has 1 heterocycles. The van der Waals surface area contributed by atoms with Crippen LogP contribution < -0.4 is 0 Å². The summed E-state index contributed by atoms with van der Waals surface area (Å²) >= 11 is 5.86. The van der Waals surface area contributed by atoms with Crippen molar-refractivity contribution in [3.05, 3.63) is 0 Å². The normalized spacial score (nSPS) is 36.3. The predicted molar refractivity (Wildman–Crippen MR) is 41.8 cm³/mol. The summed E-state index contributed by atoms with van der Waals surface area (Å²) in [4.78, 5) is 0. The van der Waals surface area contributed by atoms with Crippen LogP contribution in [0.3, 0.4) is 0 Å². The molecule has 0 spiro atoms. The Labute approximate surface area is 66.9 Å². The third-order valence-electron chi connectivity index (χ3n) is 2.16. The van der Waals surface area contributed by atoms with Gasteiger partial charge >= 0.3 is 0 Å². The van der Waals surface area contributed by atoms with Gasteiger partial charge in [0.2, 0.25) is 0 Å². The van der Waals surface area contributed by atoms with Gasteiger partial charge in [0, 0.05) is 19.2 Å². The van der Waals surface area contributed by atoms with Crippen molar-refractivity contribution >= 4 is 11.8 Å². The average molecular weight is 164 g/mol. The predicted octanol–water partition coefficient (Wildman–Crippen LogP) is 1.23. The SMILES string of the molecule is C[C@@H]1CC[C@@H](CO)CN1Cl. The van der Waals surface area contributed by atoms with E-state index < -0.39 is 0 Å². The van der Waals surface area contributed by atoms with E-state index in [0.717, 1.165) is 19.4 Å². The van der Waals surface area contributed by atoms with Crippen molar-refractivity contribution in [1.82, 2.24) is 4.42 Å². The standard InChI is InChI=1S/C7H14ClNO/c1-6-2-3-7(5-10)4-9(6)8/h6-7,10H,2-5H2,1H3/t6-,7-/m1/s1. The molecule has 1 aliphatic rings. The molecule has 1 aliphatic heterocycles. The molecule has 0 aromatic heterocycles. The first kappa shape index (κ1) is 8.31. The van der Waals surface area contributed by atoms with Crippen LogP contribution in [0.4, 0.5) is 0 Å². The van der Waals surface area contributed by atoms with Crippen LogP contribution in [0.5, 0.6) is 0 Å². The minimum absolute atomic E-state index is 0.274. The van der Waals surface area contributed by atoms with Crippen LogP contribution in [0, 0.1) is 5.92 Å². The Morgan fingerprint density at radius 1 is 1.60 bits per heavy atom. The van der Waals surface area contributed by atoms with E-state index in [4.69, 9.17) is 16.9 Å². The summed E-state index contributed by atoms with van der Waals surface area (Å²) in [7, 11) is 0. The van der Waals surface area contributed by atoms with Gasteiger partial charge in [-0.25, -0.2) is 4.42 Å². The van der Waals surface area contributed by atoms with Gasteiger partial charge in [0.05, 0.1) is 0 Å². The fourth-order valence-corrected chi connectivity index (χ4v) is 1.58. The Kier molecular flexibility index (Phi) is 2.96. The molecule has 60 valence electrons. The zero-order valence-electron chi connectivity index (χ0n) is 6.26. The van der Waals surface area contributed by atoms with Gasteiger partial charge in [-0.3, -0.25) is 0 Å². The Bertz CT molecular complexity index is 110. The summed E-state index contributed by atoms with van der Waals surface area (Å²) in [6.07, 6.45) is 2.22. The summed E-state index contributed by atoms with van der Waals surface area (Å²) in [5.74, 6) is 0.397. The first-order valence-electron chi connectivity index (χ1n) is 3.77. The van der Waals surface area contributed by atoms with E-state index in [1.165, 1.54) is 0 Å². The number of hydrogen-bond acceptors (Lipinski definition) is 2. The van der Waals surface area contributed by atoms with Crippen molar-refractivity contribution in [3.8, 4) is 0 Å². The molecule has 0 aliphatic carbocycles. The fourth-order valence-electron chi connectivity index (χ4n) is 1.28. The largest absolute Gasteiger partial charge is 0.396 e. The molecule has 0 aromatic rings. The van der Waals surface area contributed by atoms with Crippen LogP contribution in [0.15, 0.2) is 0 Å². The molecule has 0 aromatic carbocycles. The molecule has 0 amide bonds. The van der Waals surface area contributed by atoms with E-state index in [1.54, 1.807) is 4.42 Å². The molecule has 0 radical (unpaired) electrons. The third kappa shape index (κ3) is 1.84. The van der Waals surface area contributed by atoms with Gasteiger partial charge in [-0.15, -0.1) is 0 Å². The minimum Gasteiger partial charge on any atom is -0.396 e. The topological polar surface area (TPSA) is 23.5 Å². The third-order valence-corrected chi connectivity index (χ3v) is 2.63. The van der Waals surface area contributed by atoms with Gasteiger partial charge in [0.15, 0.2) is 0 Å². The zero-order chi connectivity index (χ0) is 7.56. The molecule has 1 rings (SSSR count). The molecular formula is C7H14ClNO. The maximum absolute atomic E-state index is 8.81. The van der Waals surface area contributed by atoms with Crippen LogP contribution in [0.25, 0.3) is 0 Å². The lowest BCUT2D eigenvalue weighted by Gasteiger charge is -2.31. The highest BCUT2D eigenvalue weighted by Crippen LogP contribution is 2.22. The maximum Gasteiger partial charge on any atom is 0.0472 e. The van der Waals surface area contributed by atoms with Crippen molar-refractivity contribution in [3.63, 3.8) is 0 Å². The molecule has 1 fully saturated rings. The highest BCUT2D eigenvalue weighted by atomic mass is 35.5. The molecule has 1 N–H and O–H groups in total. The van der Waals surface area contributed by atoms with E-state index >= 15 is 0 Å². The number of aliphatic hydroxyl groups is 1. The minimum atomic E-state index is 0.274. The first-order chi connectivity index (χ1) is 4.74. The van der Waals surface area contributed by atoms with Crippen LogP contribution >= 0.6 is 11.8 Å². The molecule has 3 heteroatoms. The summed E-state index contributed by atoms with van der Waals surface area (Å²) in [5, 5.41) is 8.81. The Morgan fingerprint density at radius 3 is 2.80 bits per heavy atom. The van der Waals surface area contributed by atoms with Gasteiger partial charge in [0.25, 0.3) is 0 Å². The van der Waals surface area contributed by atoms with E-state index in [1.807, 2.05) is 0 Å². The van der Waals surface area contributed by atoms with E-state index in [0.29, 0.717) is 12.0 Å². The van der Waals surface area contributed by atoms with Crippen molar-refractivity contribution in [2.75, 3.05) is 13.2 Å². The Hall–Kier alpha value is 0.210. The van der Waals surface area contributed by atoms with Crippen molar-refractivity contribution in [2.24, 2.45) is 5.92 Å². The number of halogens is 1. The number of nitrogens with zero attached hydrogens (tertiary/aromatic N) is 1. The number of rotatable bonds is 1. The van der Waals surface area contributed by atoms with Crippen LogP contribution in [0.2, 0.25) is 0 Å². The molecular weight excluding hydrogens is 150 g/mol. The lowest BCUT2D eigenvalue weighted by Crippen LogP contribution is -2.36. The summed E-state index contributed by atoms with van der Waals surface area (Å²) in [5.41, 5.74) is 0.